The standard InChI is InChI=1S/C12H14N2O/c1-8-4-5-9-11(7-8)14-6-2-3-10(14)12(15)13-9/h4-5,7,10H,2-3,6H2,1H3,(H,13,15). The topological polar surface area (TPSA) is 32.3 Å². The van der Waals surface area contributed by atoms with Gasteiger partial charge in [-0.3, -0.25) is 4.79 Å². The number of carbonyl (C=O) groups excluding carboxylic acids is 1. The van der Waals surface area contributed by atoms with Crippen molar-refractivity contribution in [3.8, 4) is 0 Å². The molecule has 1 amide bonds. The number of hydrogen-bond acceptors (Lipinski definition) is 2. The van der Waals surface area contributed by atoms with Gasteiger partial charge in [0.05, 0.1) is 11.4 Å². The molecule has 1 fully saturated rings. The molecule has 0 radical (unpaired) electrons. The number of nitrogens with zero attached hydrogens (tertiary/aromatic N) is 1. The molecule has 1 N–H and O–H groups in total. The third-order valence-corrected chi connectivity index (χ3v) is 3.28. The predicted octanol–water partition coefficient (Wildman–Crippen LogP) is 1.92. The zero-order valence-electron chi connectivity index (χ0n) is 8.79. The van der Waals surface area contributed by atoms with Gasteiger partial charge in [0.15, 0.2) is 0 Å². The van der Waals surface area contributed by atoms with E-state index in [0.717, 1.165) is 25.1 Å². The van der Waals surface area contributed by atoms with Crippen LogP contribution in [-0.2, 0) is 4.79 Å². The molecule has 15 heavy (non-hydrogen) atoms. The third kappa shape index (κ3) is 1.23. The van der Waals surface area contributed by atoms with Crippen LogP contribution < -0.4 is 10.2 Å². The Morgan fingerprint density at radius 2 is 2.33 bits per heavy atom. The van der Waals surface area contributed by atoms with Crippen molar-refractivity contribution in [3.05, 3.63) is 23.8 Å². The Morgan fingerprint density at radius 3 is 3.20 bits per heavy atom. The minimum Gasteiger partial charge on any atom is -0.358 e. The molecule has 3 rings (SSSR count). The smallest absolute Gasteiger partial charge is 0.247 e. The minimum absolute atomic E-state index is 0.0688. The Bertz CT molecular complexity index is 428. The van der Waals surface area contributed by atoms with Crippen LogP contribution in [0.5, 0.6) is 0 Å². The summed E-state index contributed by atoms with van der Waals surface area (Å²) in [5.74, 6) is 0.156. The molecule has 1 unspecified atom stereocenters. The van der Waals surface area contributed by atoms with E-state index in [1.54, 1.807) is 0 Å². The minimum atomic E-state index is 0.0688. The van der Waals surface area contributed by atoms with E-state index in [2.05, 4.69) is 23.2 Å². The van der Waals surface area contributed by atoms with Gasteiger partial charge in [-0.15, -0.1) is 0 Å². The summed E-state index contributed by atoms with van der Waals surface area (Å²) in [6.45, 7) is 3.09. The van der Waals surface area contributed by atoms with Gasteiger partial charge in [0.1, 0.15) is 6.04 Å². The number of amides is 1. The van der Waals surface area contributed by atoms with Crippen LogP contribution in [0, 0.1) is 6.92 Å². The van der Waals surface area contributed by atoms with E-state index >= 15 is 0 Å². The lowest BCUT2D eigenvalue weighted by molar-refractivity contribution is -0.117. The largest absolute Gasteiger partial charge is 0.358 e. The SMILES string of the molecule is Cc1ccc2c(c1)N1CCCC1C(=O)N2. The molecule has 1 aromatic rings. The molecule has 1 saturated heterocycles. The van der Waals surface area contributed by atoms with Gasteiger partial charge >= 0.3 is 0 Å². The van der Waals surface area contributed by atoms with Crippen molar-refractivity contribution in [2.24, 2.45) is 0 Å². The summed E-state index contributed by atoms with van der Waals surface area (Å²) in [5, 5.41) is 2.98. The van der Waals surface area contributed by atoms with Crippen LogP contribution in [0.4, 0.5) is 11.4 Å². The Morgan fingerprint density at radius 1 is 1.47 bits per heavy atom. The molecule has 2 aliphatic rings. The first-order valence-electron chi connectivity index (χ1n) is 5.44. The van der Waals surface area contributed by atoms with E-state index in [-0.39, 0.29) is 11.9 Å². The molecular weight excluding hydrogens is 188 g/mol. The summed E-state index contributed by atoms with van der Waals surface area (Å²) in [6, 6.07) is 6.26. The van der Waals surface area contributed by atoms with E-state index in [1.165, 1.54) is 11.3 Å². The van der Waals surface area contributed by atoms with Crippen LogP contribution in [0.1, 0.15) is 18.4 Å². The van der Waals surface area contributed by atoms with Gasteiger partial charge in [0.25, 0.3) is 0 Å². The third-order valence-electron chi connectivity index (χ3n) is 3.28. The summed E-state index contributed by atoms with van der Waals surface area (Å²) in [4.78, 5) is 14.0. The fourth-order valence-corrected chi connectivity index (χ4v) is 2.53. The average molecular weight is 202 g/mol. The highest BCUT2D eigenvalue weighted by Gasteiger charge is 2.35. The lowest BCUT2D eigenvalue weighted by Gasteiger charge is -2.33. The van der Waals surface area contributed by atoms with Crippen molar-refractivity contribution in [1.82, 2.24) is 0 Å². The number of fused-ring (bicyclic) bond motifs is 3. The van der Waals surface area contributed by atoms with Gasteiger partial charge < -0.3 is 10.2 Å². The maximum absolute atomic E-state index is 11.8. The fourth-order valence-electron chi connectivity index (χ4n) is 2.53. The van der Waals surface area contributed by atoms with Crippen molar-refractivity contribution in [2.45, 2.75) is 25.8 Å². The van der Waals surface area contributed by atoms with Crippen LogP contribution in [0.25, 0.3) is 0 Å². The van der Waals surface area contributed by atoms with Gasteiger partial charge in [0.2, 0.25) is 5.91 Å². The number of nitrogens with one attached hydrogen (secondary N) is 1. The summed E-state index contributed by atoms with van der Waals surface area (Å²) < 4.78 is 0. The summed E-state index contributed by atoms with van der Waals surface area (Å²) in [6.07, 6.45) is 2.10. The van der Waals surface area contributed by atoms with Crippen molar-refractivity contribution in [1.29, 1.82) is 0 Å². The van der Waals surface area contributed by atoms with E-state index in [0.29, 0.717) is 0 Å². The van der Waals surface area contributed by atoms with Crippen LogP contribution in [0.15, 0.2) is 18.2 Å². The molecule has 2 aliphatic heterocycles. The molecule has 0 aromatic heterocycles. The maximum Gasteiger partial charge on any atom is 0.247 e. The quantitative estimate of drug-likeness (QED) is 0.697. The second-order valence-corrected chi connectivity index (χ2v) is 4.36. The summed E-state index contributed by atoms with van der Waals surface area (Å²) in [5.41, 5.74) is 3.40. The maximum atomic E-state index is 11.8. The lowest BCUT2D eigenvalue weighted by Crippen LogP contribution is -2.43. The molecule has 0 spiro atoms. The monoisotopic (exact) mass is 202 g/mol. The second-order valence-electron chi connectivity index (χ2n) is 4.36. The fraction of sp³-hybridized carbons (Fsp3) is 0.417. The van der Waals surface area contributed by atoms with Gasteiger partial charge in [-0.1, -0.05) is 6.07 Å². The normalized spacial score (nSPS) is 23.4. The highest BCUT2D eigenvalue weighted by molar-refractivity contribution is 6.04. The van der Waals surface area contributed by atoms with Crippen molar-refractivity contribution >= 4 is 17.3 Å². The Balaban J connectivity index is 2.12. The average Bonchev–Trinajstić information content (AvgIpc) is 2.69. The first kappa shape index (κ1) is 8.77. The van der Waals surface area contributed by atoms with Gasteiger partial charge in [-0.2, -0.15) is 0 Å². The van der Waals surface area contributed by atoms with E-state index in [1.807, 2.05) is 12.1 Å². The van der Waals surface area contributed by atoms with Crippen LogP contribution in [-0.4, -0.2) is 18.5 Å². The molecule has 78 valence electrons. The first-order valence-corrected chi connectivity index (χ1v) is 5.44. The number of hydrogen-bond donors (Lipinski definition) is 1. The number of benzene rings is 1. The molecule has 1 atom stereocenters. The van der Waals surface area contributed by atoms with E-state index in [9.17, 15) is 4.79 Å². The summed E-state index contributed by atoms with van der Waals surface area (Å²) in [7, 11) is 0. The number of aryl methyl sites for hydroxylation is 1. The first-order chi connectivity index (χ1) is 7.25. The van der Waals surface area contributed by atoms with Crippen molar-refractivity contribution < 1.29 is 4.79 Å². The van der Waals surface area contributed by atoms with E-state index in [4.69, 9.17) is 0 Å². The van der Waals surface area contributed by atoms with Gasteiger partial charge in [-0.05, 0) is 37.5 Å². The number of carbonyl (C=O) groups is 1. The Labute approximate surface area is 89.1 Å². The zero-order valence-corrected chi connectivity index (χ0v) is 8.79. The molecule has 0 bridgehead atoms. The highest BCUT2D eigenvalue weighted by atomic mass is 16.2. The zero-order chi connectivity index (χ0) is 10.4. The Hall–Kier alpha value is -1.51. The van der Waals surface area contributed by atoms with Crippen LogP contribution in [0.2, 0.25) is 0 Å². The van der Waals surface area contributed by atoms with Crippen molar-refractivity contribution in [3.63, 3.8) is 0 Å². The molecule has 0 aliphatic carbocycles. The molecule has 3 nitrogen and oxygen atoms in total. The van der Waals surface area contributed by atoms with Gasteiger partial charge in [0, 0.05) is 6.54 Å². The molecule has 0 saturated carbocycles. The number of rotatable bonds is 0. The predicted molar refractivity (Wildman–Crippen MR) is 60.2 cm³/mol. The molecule has 3 heteroatoms. The molecule has 1 aromatic carbocycles. The molecule has 2 heterocycles. The van der Waals surface area contributed by atoms with Crippen LogP contribution in [0.3, 0.4) is 0 Å². The van der Waals surface area contributed by atoms with Crippen LogP contribution >= 0.6 is 0 Å². The Kier molecular flexibility index (Phi) is 1.75. The summed E-state index contributed by atoms with van der Waals surface area (Å²) >= 11 is 0. The molecular formula is C12H14N2O. The van der Waals surface area contributed by atoms with E-state index < -0.39 is 0 Å². The van der Waals surface area contributed by atoms with Crippen molar-refractivity contribution in [2.75, 3.05) is 16.8 Å². The lowest BCUT2D eigenvalue weighted by atomic mass is 10.1. The second kappa shape index (κ2) is 2.99. The number of anilines is 2. The highest BCUT2D eigenvalue weighted by Crippen LogP contribution is 2.36. The van der Waals surface area contributed by atoms with Gasteiger partial charge in [-0.25, -0.2) is 0 Å².